The first kappa shape index (κ1) is 27.6. The van der Waals surface area contributed by atoms with Crippen molar-refractivity contribution in [3.63, 3.8) is 0 Å². The van der Waals surface area contributed by atoms with Crippen LogP contribution in [0, 0.1) is 52.7 Å². The van der Waals surface area contributed by atoms with Gasteiger partial charge < -0.3 is 5.11 Å². The highest BCUT2D eigenvalue weighted by Crippen LogP contribution is 2.66. The van der Waals surface area contributed by atoms with E-state index in [0.717, 1.165) is 18.2 Å². The lowest BCUT2D eigenvalue weighted by atomic mass is 9.56. The number of phenols is 1. The molecular formula is C26H14Cl2F6N2O5. The average molecular weight is 619 g/mol. The van der Waals surface area contributed by atoms with Crippen LogP contribution in [0.3, 0.4) is 0 Å². The van der Waals surface area contributed by atoms with E-state index >= 15 is 0 Å². The third-order valence-corrected chi connectivity index (χ3v) is 9.81. The number of carbonyl (C=O) groups is 4. The van der Waals surface area contributed by atoms with E-state index in [1.54, 1.807) is 0 Å². The quantitative estimate of drug-likeness (QED) is 0.132. The number of hydrogen-bond acceptors (Lipinski definition) is 5. The number of hydrogen-bond donors (Lipinski definition) is 2. The zero-order valence-corrected chi connectivity index (χ0v) is 21.6. The Labute approximate surface area is 235 Å². The predicted molar refractivity (Wildman–Crippen MR) is 128 cm³/mol. The van der Waals surface area contributed by atoms with Crippen molar-refractivity contribution in [1.29, 1.82) is 0 Å². The molecule has 1 saturated carbocycles. The molecule has 0 bridgehead atoms. The molecule has 4 aliphatic rings. The first-order chi connectivity index (χ1) is 19.2. The number of imide groups is 2. The van der Waals surface area contributed by atoms with Crippen LogP contribution in [0.4, 0.5) is 32.0 Å². The number of alkyl halides is 2. The second-order valence-electron chi connectivity index (χ2n) is 10.2. The van der Waals surface area contributed by atoms with Gasteiger partial charge in [-0.1, -0.05) is 23.8 Å². The Morgan fingerprint density at radius 3 is 2.10 bits per heavy atom. The Balaban J connectivity index is 1.64. The van der Waals surface area contributed by atoms with Gasteiger partial charge in [0.25, 0.3) is 11.8 Å². The highest BCUT2D eigenvalue weighted by atomic mass is 35.5. The highest BCUT2D eigenvalue weighted by molar-refractivity contribution is 6.58. The second-order valence-corrected chi connectivity index (χ2v) is 11.5. The zero-order chi connectivity index (χ0) is 29.9. The molecule has 2 aromatic carbocycles. The molecule has 3 fully saturated rings. The van der Waals surface area contributed by atoms with Crippen LogP contribution in [0.15, 0.2) is 29.8 Å². The van der Waals surface area contributed by atoms with Crippen LogP contribution in [0.25, 0.3) is 0 Å². The van der Waals surface area contributed by atoms with E-state index in [-0.39, 0.29) is 16.9 Å². The number of nitrogens with one attached hydrogen (secondary N) is 1. The Bertz CT molecular complexity index is 1640. The monoisotopic (exact) mass is 618 g/mol. The molecule has 0 radical (unpaired) electrons. The number of para-hydroxylation sites is 1. The van der Waals surface area contributed by atoms with Gasteiger partial charge in [0, 0.05) is 11.5 Å². The number of benzene rings is 2. The lowest BCUT2D eigenvalue weighted by Gasteiger charge is -2.50. The average Bonchev–Trinajstić information content (AvgIpc) is 3.30. The van der Waals surface area contributed by atoms with Crippen molar-refractivity contribution in [3.8, 4) is 5.75 Å². The number of halogens is 8. The number of carbonyl (C=O) groups excluding carboxylic acids is 4. The Kier molecular flexibility index (Phi) is 5.86. The van der Waals surface area contributed by atoms with Crippen molar-refractivity contribution < 1.29 is 50.6 Å². The summed E-state index contributed by atoms with van der Waals surface area (Å²) in [6.07, 6.45) is 0.639. The molecule has 0 unspecified atom stereocenters. The van der Waals surface area contributed by atoms with E-state index in [2.05, 4.69) is 5.32 Å². The largest absolute Gasteiger partial charge is 0.505 e. The predicted octanol–water partition coefficient (Wildman–Crippen LogP) is 4.08. The van der Waals surface area contributed by atoms with Crippen molar-refractivity contribution >= 4 is 52.5 Å². The van der Waals surface area contributed by atoms with Gasteiger partial charge in [0.05, 0.1) is 11.8 Å². The fourth-order valence-electron chi connectivity index (χ4n) is 6.59. The van der Waals surface area contributed by atoms with Crippen LogP contribution in [0.2, 0.25) is 0 Å². The minimum Gasteiger partial charge on any atom is -0.505 e. The van der Waals surface area contributed by atoms with Crippen LogP contribution in [-0.2, 0) is 19.2 Å². The summed E-state index contributed by atoms with van der Waals surface area (Å²) in [5, 5.41) is 12.8. The first-order valence-electron chi connectivity index (χ1n) is 12.0. The number of anilines is 1. The highest BCUT2D eigenvalue weighted by Gasteiger charge is 2.77. The normalized spacial score (nSPS) is 32.5. The fourth-order valence-corrected chi connectivity index (χ4v) is 7.51. The molecule has 6 rings (SSSR count). The summed E-state index contributed by atoms with van der Waals surface area (Å²) in [4.78, 5) is 47.1. The summed E-state index contributed by atoms with van der Waals surface area (Å²) in [5.74, 6) is -24.5. The Hall–Kier alpha value is -3.58. The smallest absolute Gasteiger partial charge is 0.258 e. The summed E-state index contributed by atoms with van der Waals surface area (Å²) in [7, 11) is 0. The maximum absolute atomic E-state index is 14.9. The summed E-state index contributed by atoms with van der Waals surface area (Å²) in [5.41, 5.74) is -2.26. The number of allylic oxidation sites excluding steroid dienone is 2. The third-order valence-electron chi connectivity index (χ3n) is 8.39. The molecule has 0 spiro atoms. The van der Waals surface area contributed by atoms with E-state index in [1.807, 2.05) is 0 Å². The molecule has 214 valence electrons. The minimum atomic E-state index is -2.84. The molecule has 6 atom stereocenters. The summed E-state index contributed by atoms with van der Waals surface area (Å²) >= 11 is 13.7. The van der Waals surface area contributed by atoms with E-state index in [4.69, 9.17) is 23.2 Å². The molecule has 4 amide bonds. The molecule has 2 N–H and O–H groups in total. The van der Waals surface area contributed by atoms with Crippen LogP contribution >= 0.6 is 23.2 Å². The van der Waals surface area contributed by atoms with Gasteiger partial charge in [-0.25, -0.2) is 31.2 Å². The molecule has 2 aliphatic carbocycles. The zero-order valence-electron chi connectivity index (χ0n) is 20.1. The standard InChI is InChI=1S/C26H14Cl2F6N2O5/c27-25-6-10-7(4-5-8-12(10)22(39)35-21(8)38)13(9-2-1-3-11(29)20(9)37)26(25,28)24(41)36(23(25)40)19-17(33)15(31)14(30)16(32)18(19)34/h1-4,8,10,12-13,37H,5-6H2,(H,35,38,39)/t8-,10+,12-,13+,25+,26-/m0/s1. The summed E-state index contributed by atoms with van der Waals surface area (Å²) in [6.45, 7) is 0. The van der Waals surface area contributed by atoms with Crippen LogP contribution in [0.5, 0.6) is 5.75 Å². The fraction of sp³-hybridized carbons (Fsp3) is 0.308. The van der Waals surface area contributed by atoms with Crippen molar-refractivity contribution in [2.75, 3.05) is 4.90 Å². The molecule has 41 heavy (non-hydrogen) atoms. The topological polar surface area (TPSA) is 104 Å². The lowest BCUT2D eigenvalue weighted by Crippen LogP contribution is -2.60. The molecule has 0 aromatic heterocycles. The van der Waals surface area contributed by atoms with E-state index in [9.17, 15) is 50.6 Å². The Morgan fingerprint density at radius 2 is 1.46 bits per heavy atom. The van der Waals surface area contributed by atoms with Crippen molar-refractivity contribution in [1.82, 2.24) is 5.32 Å². The molecule has 2 heterocycles. The molecule has 7 nitrogen and oxygen atoms in total. The van der Waals surface area contributed by atoms with Crippen LogP contribution < -0.4 is 10.2 Å². The number of rotatable bonds is 2. The second kappa shape index (κ2) is 8.71. The van der Waals surface area contributed by atoms with Gasteiger partial charge in [-0.05, 0) is 24.8 Å². The van der Waals surface area contributed by atoms with Crippen LogP contribution in [0.1, 0.15) is 24.3 Å². The molecule has 2 saturated heterocycles. The summed E-state index contributed by atoms with van der Waals surface area (Å²) in [6, 6.07) is 3.09. The first-order valence-corrected chi connectivity index (χ1v) is 12.7. The van der Waals surface area contributed by atoms with Gasteiger partial charge in [0.2, 0.25) is 17.6 Å². The number of fused-ring (bicyclic) bond motifs is 4. The number of nitrogens with zero attached hydrogens (tertiary/aromatic N) is 1. The maximum atomic E-state index is 14.9. The number of amides is 4. The molecule has 2 aromatic rings. The minimum absolute atomic E-state index is 0.0770. The van der Waals surface area contributed by atoms with Crippen molar-refractivity contribution in [2.45, 2.75) is 28.5 Å². The number of phenolic OH excluding ortho intramolecular Hbond substituents is 1. The SMILES string of the molecule is O=C1NC(=O)[C@H]2CC=C3[C@@H](C[C@@]4(Cl)C(=O)N(c5c(F)c(F)c(F)c(F)c5F)C(=O)[C@@]4(Cl)[C@H]3c3cccc(F)c3O)[C@@H]12. The maximum Gasteiger partial charge on any atom is 0.258 e. The lowest BCUT2D eigenvalue weighted by molar-refractivity contribution is -0.127. The van der Waals surface area contributed by atoms with Crippen LogP contribution in [-0.4, -0.2) is 38.5 Å². The summed E-state index contributed by atoms with van der Waals surface area (Å²) < 4.78 is 86.4. The van der Waals surface area contributed by atoms with Gasteiger partial charge >= 0.3 is 0 Å². The van der Waals surface area contributed by atoms with E-state index < -0.39 is 115 Å². The van der Waals surface area contributed by atoms with Crippen molar-refractivity contribution in [3.05, 3.63) is 70.3 Å². The van der Waals surface area contributed by atoms with Gasteiger partial charge in [-0.2, -0.15) is 0 Å². The molecule has 15 heteroatoms. The van der Waals surface area contributed by atoms with E-state index in [1.165, 1.54) is 6.08 Å². The van der Waals surface area contributed by atoms with Gasteiger partial charge in [-0.3, -0.25) is 24.5 Å². The molecular weight excluding hydrogens is 605 g/mol. The number of aromatic hydroxyl groups is 1. The Morgan fingerprint density at radius 1 is 0.854 bits per heavy atom. The van der Waals surface area contributed by atoms with Gasteiger partial charge in [0.15, 0.2) is 44.6 Å². The van der Waals surface area contributed by atoms with Gasteiger partial charge in [-0.15, -0.1) is 23.2 Å². The molecule has 2 aliphatic heterocycles. The van der Waals surface area contributed by atoms with Crippen molar-refractivity contribution in [2.24, 2.45) is 17.8 Å². The van der Waals surface area contributed by atoms with E-state index in [0.29, 0.717) is 0 Å². The van der Waals surface area contributed by atoms with Gasteiger partial charge in [0.1, 0.15) is 5.69 Å². The third kappa shape index (κ3) is 3.24.